The van der Waals surface area contributed by atoms with E-state index >= 15 is 0 Å². The molecule has 2 nitrogen and oxygen atoms in total. The summed E-state index contributed by atoms with van der Waals surface area (Å²) in [5, 5.41) is 8.28. The highest BCUT2D eigenvalue weighted by molar-refractivity contribution is 6.32. The molecule has 0 spiro atoms. The standard InChI is InChI=1S/C8H4ClF3N2/c1-4-7(9)5(2-13)6(3-14-4)8(10,11)12/h3H,1H3. The number of nitrogens with zero attached hydrogens (tertiary/aromatic N) is 2. The van der Waals surface area contributed by atoms with E-state index in [1.54, 1.807) is 0 Å². The van der Waals surface area contributed by atoms with Crippen LogP contribution in [-0.2, 0) is 6.18 Å². The molecule has 74 valence electrons. The van der Waals surface area contributed by atoms with Gasteiger partial charge < -0.3 is 0 Å². The van der Waals surface area contributed by atoms with Crippen LogP contribution in [0.2, 0.25) is 5.02 Å². The lowest BCUT2D eigenvalue weighted by Crippen LogP contribution is -2.09. The molecule has 1 rings (SSSR count). The minimum atomic E-state index is -4.60. The summed E-state index contributed by atoms with van der Waals surface area (Å²) in [4.78, 5) is 3.45. The molecule has 0 fully saturated rings. The SMILES string of the molecule is Cc1ncc(C(F)(F)F)c(C#N)c1Cl. The molecule has 0 aliphatic rings. The molecule has 1 aromatic heterocycles. The van der Waals surface area contributed by atoms with Gasteiger partial charge in [-0.1, -0.05) is 11.6 Å². The summed E-state index contributed by atoms with van der Waals surface area (Å²) in [6.45, 7) is 1.43. The summed E-state index contributed by atoms with van der Waals surface area (Å²) in [5.41, 5.74) is -1.47. The number of aryl methyl sites for hydroxylation is 1. The maximum absolute atomic E-state index is 12.3. The lowest BCUT2D eigenvalue weighted by Gasteiger charge is -2.09. The smallest absolute Gasteiger partial charge is 0.259 e. The number of pyridine rings is 1. The second-order valence-corrected chi connectivity index (χ2v) is 2.93. The first-order chi connectivity index (χ1) is 6.38. The first-order valence-electron chi connectivity index (χ1n) is 3.50. The molecule has 0 aliphatic heterocycles. The van der Waals surface area contributed by atoms with Gasteiger partial charge in [-0.15, -0.1) is 0 Å². The van der Waals surface area contributed by atoms with E-state index in [2.05, 4.69) is 4.98 Å². The highest BCUT2D eigenvalue weighted by atomic mass is 35.5. The summed E-state index contributed by atoms with van der Waals surface area (Å²) in [6.07, 6.45) is -3.99. The van der Waals surface area contributed by atoms with Crippen molar-refractivity contribution in [3.8, 4) is 6.07 Å². The maximum Gasteiger partial charge on any atom is 0.419 e. The van der Waals surface area contributed by atoms with Crippen molar-refractivity contribution >= 4 is 11.6 Å². The number of alkyl halides is 3. The maximum atomic E-state index is 12.3. The Morgan fingerprint density at radius 2 is 2.07 bits per heavy atom. The van der Waals surface area contributed by atoms with Crippen molar-refractivity contribution in [2.75, 3.05) is 0 Å². The second kappa shape index (κ2) is 3.46. The van der Waals surface area contributed by atoms with Crippen LogP contribution in [0.3, 0.4) is 0 Å². The summed E-state index contributed by atoms with van der Waals surface area (Å²) < 4.78 is 36.9. The van der Waals surface area contributed by atoms with Crippen LogP contribution in [-0.4, -0.2) is 4.98 Å². The van der Waals surface area contributed by atoms with E-state index in [0.717, 1.165) is 0 Å². The lowest BCUT2D eigenvalue weighted by atomic mass is 10.1. The average molecular weight is 221 g/mol. The molecule has 0 aromatic carbocycles. The highest BCUT2D eigenvalue weighted by Crippen LogP contribution is 2.34. The predicted octanol–water partition coefficient (Wildman–Crippen LogP) is 2.93. The van der Waals surface area contributed by atoms with Gasteiger partial charge in [-0.25, -0.2) is 0 Å². The summed E-state index contributed by atoms with van der Waals surface area (Å²) in [5.74, 6) is 0. The van der Waals surface area contributed by atoms with Gasteiger partial charge in [0.25, 0.3) is 0 Å². The van der Waals surface area contributed by atoms with Crippen LogP contribution in [0.15, 0.2) is 6.20 Å². The molecule has 0 amide bonds. The molecular formula is C8H4ClF3N2. The van der Waals surface area contributed by atoms with E-state index in [1.165, 1.54) is 13.0 Å². The van der Waals surface area contributed by atoms with Gasteiger partial charge in [-0.3, -0.25) is 4.98 Å². The van der Waals surface area contributed by atoms with Crippen molar-refractivity contribution in [2.24, 2.45) is 0 Å². The molecule has 1 aromatic rings. The predicted molar refractivity (Wildman–Crippen MR) is 43.7 cm³/mol. The zero-order valence-corrected chi connectivity index (χ0v) is 7.74. The number of hydrogen-bond acceptors (Lipinski definition) is 2. The molecule has 0 aliphatic carbocycles. The van der Waals surface area contributed by atoms with E-state index in [9.17, 15) is 13.2 Å². The molecule has 1 heterocycles. The molecule has 0 atom stereocenters. The normalized spacial score (nSPS) is 11.1. The Morgan fingerprint density at radius 3 is 2.50 bits per heavy atom. The molecule has 0 saturated heterocycles. The number of halogens is 4. The largest absolute Gasteiger partial charge is 0.419 e. The minimum absolute atomic E-state index is 0.205. The van der Waals surface area contributed by atoms with Gasteiger partial charge in [-0.2, -0.15) is 18.4 Å². The Balaban J connectivity index is 3.49. The quantitative estimate of drug-likeness (QED) is 0.674. The van der Waals surface area contributed by atoms with Gasteiger partial charge in [0.05, 0.1) is 21.8 Å². The van der Waals surface area contributed by atoms with Crippen LogP contribution < -0.4 is 0 Å². The Hall–Kier alpha value is -1.28. The molecule has 6 heteroatoms. The zero-order valence-electron chi connectivity index (χ0n) is 6.98. The van der Waals surface area contributed by atoms with Crippen molar-refractivity contribution in [1.82, 2.24) is 4.98 Å². The topological polar surface area (TPSA) is 36.7 Å². The number of aromatic nitrogens is 1. The highest BCUT2D eigenvalue weighted by Gasteiger charge is 2.35. The molecule has 0 radical (unpaired) electrons. The van der Waals surface area contributed by atoms with E-state index in [0.29, 0.717) is 6.20 Å². The molecule has 0 bridgehead atoms. The Labute approximate surface area is 82.9 Å². The van der Waals surface area contributed by atoms with Crippen LogP contribution in [0.4, 0.5) is 13.2 Å². The molecule has 0 saturated carbocycles. The molecule has 14 heavy (non-hydrogen) atoms. The van der Waals surface area contributed by atoms with Crippen LogP contribution in [0.1, 0.15) is 16.8 Å². The van der Waals surface area contributed by atoms with Crippen LogP contribution in [0, 0.1) is 18.3 Å². The minimum Gasteiger partial charge on any atom is -0.259 e. The number of nitriles is 1. The van der Waals surface area contributed by atoms with Crippen LogP contribution >= 0.6 is 11.6 Å². The summed E-state index contributed by atoms with van der Waals surface area (Å²) in [7, 11) is 0. The van der Waals surface area contributed by atoms with E-state index in [-0.39, 0.29) is 10.7 Å². The monoisotopic (exact) mass is 220 g/mol. The third-order valence-electron chi connectivity index (χ3n) is 1.61. The lowest BCUT2D eigenvalue weighted by molar-refractivity contribution is -0.138. The fourth-order valence-electron chi connectivity index (χ4n) is 0.906. The van der Waals surface area contributed by atoms with Gasteiger partial charge >= 0.3 is 6.18 Å². The van der Waals surface area contributed by atoms with Gasteiger partial charge in [0.1, 0.15) is 6.07 Å². The summed E-state index contributed by atoms with van der Waals surface area (Å²) >= 11 is 5.52. The number of rotatable bonds is 0. The van der Waals surface area contributed by atoms with Crippen molar-refractivity contribution < 1.29 is 13.2 Å². The van der Waals surface area contributed by atoms with Gasteiger partial charge in [0.2, 0.25) is 0 Å². The van der Waals surface area contributed by atoms with Crippen LogP contribution in [0.25, 0.3) is 0 Å². The van der Waals surface area contributed by atoms with Gasteiger partial charge in [0.15, 0.2) is 0 Å². The van der Waals surface area contributed by atoms with Crippen molar-refractivity contribution in [3.05, 3.63) is 28.0 Å². The fourth-order valence-corrected chi connectivity index (χ4v) is 1.10. The first kappa shape index (κ1) is 10.8. The van der Waals surface area contributed by atoms with Crippen molar-refractivity contribution in [2.45, 2.75) is 13.1 Å². The van der Waals surface area contributed by atoms with E-state index in [4.69, 9.17) is 16.9 Å². The third-order valence-corrected chi connectivity index (χ3v) is 2.07. The van der Waals surface area contributed by atoms with Gasteiger partial charge in [0, 0.05) is 6.20 Å². The Kier molecular flexibility index (Phi) is 2.67. The first-order valence-corrected chi connectivity index (χ1v) is 3.88. The second-order valence-electron chi connectivity index (χ2n) is 2.56. The molecule has 0 N–H and O–H groups in total. The van der Waals surface area contributed by atoms with E-state index < -0.39 is 17.3 Å². The molecular weight excluding hydrogens is 217 g/mol. The third kappa shape index (κ3) is 1.80. The zero-order chi connectivity index (χ0) is 10.9. The van der Waals surface area contributed by atoms with Crippen LogP contribution in [0.5, 0.6) is 0 Å². The van der Waals surface area contributed by atoms with E-state index in [1.807, 2.05) is 0 Å². The number of hydrogen-bond donors (Lipinski definition) is 0. The average Bonchev–Trinajstić information content (AvgIpc) is 2.07. The fraction of sp³-hybridized carbons (Fsp3) is 0.250. The van der Waals surface area contributed by atoms with Crippen molar-refractivity contribution in [3.63, 3.8) is 0 Å². The summed E-state index contributed by atoms with van der Waals surface area (Å²) in [6, 6.07) is 1.42. The Morgan fingerprint density at radius 1 is 1.50 bits per heavy atom. The Bertz CT molecular complexity index is 406. The van der Waals surface area contributed by atoms with Gasteiger partial charge in [-0.05, 0) is 6.92 Å². The molecule has 0 unspecified atom stereocenters. The van der Waals surface area contributed by atoms with Crippen molar-refractivity contribution in [1.29, 1.82) is 5.26 Å².